The van der Waals surface area contributed by atoms with E-state index in [0.717, 1.165) is 12.3 Å². The molecule has 0 aliphatic heterocycles. The fourth-order valence-electron chi connectivity index (χ4n) is 1.42. The highest BCUT2D eigenvalue weighted by Gasteiger charge is 2.16. The minimum absolute atomic E-state index is 0.489. The lowest BCUT2D eigenvalue weighted by atomic mass is 10.0. The van der Waals surface area contributed by atoms with Crippen LogP contribution < -0.4 is 15.8 Å². The number of rotatable bonds is 7. The molecule has 1 aromatic rings. The van der Waals surface area contributed by atoms with Crippen LogP contribution in [0.5, 0.6) is 5.75 Å². The van der Waals surface area contributed by atoms with E-state index in [4.69, 9.17) is 10.5 Å². The predicted molar refractivity (Wildman–Crippen MR) is 67.9 cm³/mol. The minimum Gasteiger partial charge on any atom is -0.497 e. The second-order valence-corrected chi connectivity index (χ2v) is 4.56. The quantitative estimate of drug-likeness (QED) is 0.715. The van der Waals surface area contributed by atoms with E-state index in [1.807, 2.05) is 24.3 Å². The summed E-state index contributed by atoms with van der Waals surface area (Å²) in [4.78, 5) is 0. The lowest BCUT2D eigenvalue weighted by molar-refractivity contribution is 0.307. The Morgan fingerprint density at radius 1 is 1.35 bits per heavy atom. The van der Waals surface area contributed by atoms with Gasteiger partial charge >= 0.3 is 0 Å². The van der Waals surface area contributed by atoms with Gasteiger partial charge in [-0.25, -0.2) is 4.39 Å². The molecule has 1 rings (SSSR count). The van der Waals surface area contributed by atoms with Crippen LogP contribution in [-0.4, -0.2) is 25.9 Å². The summed E-state index contributed by atoms with van der Waals surface area (Å²) in [6.45, 7) is 2.70. The molecule has 17 heavy (non-hydrogen) atoms. The number of halogens is 1. The Hall–Kier alpha value is -1.13. The summed E-state index contributed by atoms with van der Waals surface area (Å²) < 4.78 is 17.5. The van der Waals surface area contributed by atoms with Gasteiger partial charge in [0.1, 0.15) is 12.4 Å². The van der Waals surface area contributed by atoms with Crippen LogP contribution >= 0.6 is 0 Å². The molecule has 3 N–H and O–H groups in total. The lowest BCUT2D eigenvalue weighted by Gasteiger charge is -2.20. The first kappa shape index (κ1) is 13.9. The molecule has 0 saturated carbocycles. The number of alkyl halides is 1. The highest BCUT2D eigenvalue weighted by Crippen LogP contribution is 2.11. The Kier molecular flexibility index (Phi) is 5.38. The van der Waals surface area contributed by atoms with E-state index in [2.05, 4.69) is 5.32 Å². The van der Waals surface area contributed by atoms with Crippen molar-refractivity contribution >= 4 is 0 Å². The topological polar surface area (TPSA) is 47.3 Å². The van der Waals surface area contributed by atoms with Crippen molar-refractivity contribution < 1.29 is 9.13 Å². The molecule has 0 amide bonds. The fraction of sp³-hybridized carbons (Fsp3) is 0.538. The van der Waals surface area contributed by atoms with Crippen LogP contribution in [0.4, 0.5) is 4.39 Å². The van der Waals surface area contributed by atoms with E-state index in [0.29, 0.717) is 13.0 Å². The van der Waals surface area contributed by atoms with Crippen molar-refractivity contribution in [3.8, 4) is 5.75 Å². The van der Waals surface area contributed by atoms with Gasteiger partial charge in [0.15, 0.2) is 0 Å². The van der Waals surface area contributed by atoms with Crippen molar-refractivity contribution in [1.29, 1.82) is 0 Å². The summed E-state index contributed by atoms with van der Waals surface area (Å²) in [5.74, 6) is 0.848. The maximum Gasteiger partial charge on any atom is 0.118 e. The van der Waals surface area contributed by atoms with Gasteiger partial charge in [-0.1, -0.05) is 12.1 Å². The summed E-state index contributed by atoms with van der Waals surface area (Å²) in [7, 11) is 1.65. The molecule has 0 aromatic heterocycles. The zero-order chi connectivity index (χ0) is 12.7. The number of hydrogen-bond donors (Lipinski definition) is 2. The Balaban J connectivity index is 2.26. The Morgan fingerprint density at radius 2 is 2.00 bits per heavy atom. The molecule has 0 aliphatic rings. The molecular formula is C13H21FN2O. The first-order valence-electron chi connectivity index (χ1n) is 5.76. The molecule has 0 bridgehead atoms. The fourth-order valence-corrected chi connectivity index (χ4v) is 1.42. The molecule has 1 unspecified atom stereocenters. The normalized spacial score (nSPS) is 14.4. The van der Waals surface area contributed by atoms with Gasteiger partial charge in [-0.15, -0.1) is 0 Å². The number of ether oxygens (including phenoxy) is 1. The summed E-state index contributed by atoms with van der Waals surface area (Å²) >= 11 is 0. The molecule has 1 aromatic carbocycles. The van der Waals surface area contributed by atoms with Crippen LogP contribution in [0.1, 0.15) is 18.9 Å². The number of nitrogens with two attached hydrogens (primary N) is 1. The molecule has 96 valence electrons. The molecule has 0 saturated heterocycles. The van der Waals surface area contributed by atoms with Gasteiger partial charge in [-0.3, -0.25) is 0 Å². The van der Waals surface area contributed by atoms with Crippen molar-refractivity contribution in [3.05, 3.63) is 29.8 Å². The van der Waals surface area contributed by atoms with E-state index < -0.39 is 12.2 Å². The van der Waals surface area contributed by atoms with E-state index >= 15 is 0 Å². The van der Waals surface area contributed by atoms with Gasteiger partial charge < -0.3 is 15.8 Å². The van der Waals surface area contributed by atoms with Crippen molar-refractivity contribution in [2.45, 2.75) is 25.4 Å². The van der Waals surface area contributed by atoms with Crippen LogP contribution in [0.3, 0.4) is 0 Å². The predicted octanol–water partition coefficient (Wildman–Crippen LogP) is 1.86. The van der Waals surface area contributed by atoms with Crippen LogP contribution in [0.25, 0.3) is 0 Å². The largest absolute Gasteiger partial charge is 0.497 e. The zero-order valence-corrected chi connectivity index (χ0v) is 10.5. The van der Waals surface area contributed by atoms with Gasteiger partial charge in [-0.05, 0) is 37.6 Å². The van der Waals surface area contributed by atoms with Crippen LogP contribution in [0, 0.1) is 0 Å². The molecule has 3 nitrogen and oxygen atoms in total. The van der Waals surface area contributed by atoms with E-state index in [1.165, 1.54) is 5.56 Å². The molecule has 0 fully saturated rings. The summed E-state index contributed by atoms with van der Waals surface area (Å²) in [5, 5.41) is 3.24. The second kappa shape index (κ2) is 6.57. The smallest absolute Gasteiger partial charge is 0.118 e. The van der Waals surface area contributed by atoms with E-state index in [9.17, 15) is 4.39 Å². The zero-order valence-electron chi connectivity index (χ0n) is 10.5. The SMILES string of the molecule is COc1ccc(CNCCC(C)(N)CF)cc1. The minimum atomic E-state index is -0.715. The molecule has 4 heteroatoms. The Labute approximate surface area is 102 Å². The molecule has 0 spiro atoms. The number of methoxy groups -OCH3 is 1. The highest BCUT2D eigenvalue weighted by atomic mass is 19.1. The average molecular weight is 240 g/mol. The average Bonchev–Trinajstić information content (AvgIpc) is 2.35. The van der Waals surface area contributed by atoms with E-state index in [-0.39, 0.29) is 0 Å². The third kappa shape index (κ3) is 5.15. The molecule has 0 radical (unpaired) electrons. The number of hydrogen-bond acceptors (Lipinski definition) is 3. The first-order chi connectivity index (χ1) is 8.07. The Morgan fingerprint density at radius 3 is 2.53 bits per heavy atom. The monoisotopic (exact) mass is 240 g/mol. The maximum absolute atomic E-state index is 12.4. The third-order valence-corrected chi connectivity index (χ3v) is 2.67. The lowest BCUT2D eigenvalue weighted by Crippen LogP contribution is -2.41. The van der Waals surface area contributed by atoms with Crippen LogP contribution in [0.15, 0.2) is 24.3 Å². The van der Waals surface area contributed by atoms with Gasteiger partial charge in [0.25, 0.3) is 0 Å². The van der Waals surface area contributed by atoms with Crippen molar-refractivity contribution in [3.63, 3.8) is 0 Å². The van der Waals surface area contributed by atoms with Gasteiger partial charge in [0.2, 0.25) is 0 Å². The summed E-state index contributed by atoms with van der Waals surface area (Å²) in [5.41, 5.74) is 6.16. The number of benzene rings is 1. The van der Waals surface area contributed by atoms with Gasteiger partial charge in [-0.2, -0.15) is 0 Å². The van der Waals surface area contributed by atoms with E-state index in [1.54, 1.807) is 14.0 Å². The molecule has 0 heterocycles. The Bertz CT molecular complexity index is 325. The van der Waals surface area contributed by atoms with Gasteiger partial charge in [0.05, 0.1) is 7.11 Å². The van der Waals surface area contributed by atoms with Crippen molar-refractivity contribution in [2.24, 2.45) is 5.73 Å². The standard InChI is InChI=1S/C13H21FN2O/c1-13(15,10-14)7-8-16-9-11-3-5-12(17-2)6-4-11/h3-6,16H,7-10,15H2,1-2H3. The molecular weight excluding hydrogens is 219 g/mol. The first-order valence-corrected chi connectivity index (χ1v) is 5.76. The van der Waals surface area contributed by atoms with Crippen molar-refractivity contribution in [2.75, 3.05) is 20.3 Å². The van der Waals surface area contributed by atoms with Crippen LogP contribution in [-0.2, 0) is 6.54 Å². The highest BCUT2D eigenvalue weighted by molar-refractivity contribution is 5.26. The third-order valence-electron chi connectivity index (χ3n) is 2.67. The molecule has 0 aliphatic carbocycles. The van der Waals surface area contributed by atoms with Crippen LogP contribution in [0.2, 0.25) is 0 Å². The summed E-state index contributed by atoms with van der Waals surface area (Å²) in [6, 6.07) is 7.85. The summed E-state index contributed by atoms with van der Waals surface area (Å²) in [6.07, 6.45) is 0.625. The maximum atomic E-state index is 12.4. The van der Waals surface area contributed by atoms with Crippen molar-refractivity contribution in [1.82, 2.24) is 5.32 Å². The second-order valence-electron chi connectivity index (χ2n) is 4.56. The molecule has 1 atom stereocenters. The number of nitrogens with one attached hydrogen (secondary N) is 1. The van der Waals surface area contributed by atoms with Gasteiger partial charge in [0, 0.05) is 12.1 Å².